The second kappa shape index (κ2) is 15.6. The zero-order valence-corrected chi connectivity index (χ0v) is 19.9. The number of hydrogen-bond donors (Lipinski definition) is 0. The third-order valence-corrected chi connectivity index (χ3v) is 6.06. The van der Waals surface area contributed by atoms with Crippen LogP contribution in [0.4, 0.5) is 0 Å². The molecule has 0 radical (unpaired) electrons. The normalized spacial score (nSPS) is 11.3. The number of allylic oxidation sites excluding steroid dienone is 1. The number of hydrogen-bond acceptors (Lipinski definition) is 1. The van der Waals surface area contributed by atoms with E-state index in [0.717, 1.165) is 17.5 Å². The first-order valence-corrected chi connectivity index (χ1v) is 12.6. The van der Waals surface area contributed by atoms with Gasteiger partial charge in [-0.05, 0) is 37.0 Å². The molecule has 0 atom stereocenters. The third-order valence-electron chi connectivity index (χ3n) is 6.06. The maximum atomic E-state index is 12.4. The van der Waals surface area contributed by atoms with Gasteiger partial charge >= 0.3 is 0 Å². The van der Waals surface area contributed by atoms with Gasteiger partial charge in [0.05, 0.1) is 0 Å². The van der Waals surface area contributed by atoms with Gasteiger partial charge in [-0.2, -0.15) is 0 Å². The van der Waals surface area contributed by atoms with Crippen molar-refractivity contribution >= 4 is 11.9 Å². The molecule has 0 aliphatic rings. The van der Waals surface area contributed by atoms with Gasteiger partial charge in [-0.1, -0.05) is 138 Å². The monoisotopic (exact) mass is 418 g/mol. The number of carbonyl (C=O) groups is 1. The van der Waals surface area contributed by atoms with Crippen molar-refractivity contribution in [1.29, 1.82) is 0 Å². The van der Waals surface area contributed by atoms with E-state index in [0.29, 0.717) is 0 Å². The molecule has 2 aromatic carbocycles. The van der Waals surface area contributed by atoms with Gasteiger partial charge in [-0.3, -0.25) is 4.79 Å². The minimum atomic E-state index is 0.0671. The summed E-state index contributed by atoms with van der Waals surface area (Å²) < 4.78 is 0. The van der Waals surface area contributed by atoms with Crippen LogP contribution in [0.1, 0.15) is 111 Å². The van der Waals surface area contributed by atoms with Crippen LogP contribution in [0, 0.1) is 6.92 Å². The van der Waals surface area contributed by atoms with E-state index < -0.39 is 0 Å². The summed E-state index contributed by atoms with van der Waals surface area (Å²) in [5.41, 5.74) is 4.39. The van der Waals surface area contributed by atoms with Crippen molar-refractivity contribution in [2.75, 3.05) is 0 Å². The molecule has 2 rings (SSSR count). The van der Waals surface area contributed by atoms with E-state index in [4.69, 9.17) is 0 Å². The Kier molecular flexibility index (Phi) is 12.7. The summed E-state index contributed by atoms with van der Waals surface area (Å²) in [5.74, 6) is 0.0671. The fraction of sp³-hybridized carbons (Fsp3) is 0.500. The van der Waals surface area contributed by atoms with Crippen molar-refractivity contribution in [2.45, 2.75) is 97.3 Å². The number of ketones is 1. The Balaban J connectivity index is 1.56. The topological polar surface area (TPSA) is 17.1 Å². The molecule has 0 saturated heterocycles. The number of rotatable bonds is 16. The second-order valence-electron chi connectivity index (χ2n) is 8.94. The van der Waals surface area contributed by atoms with Gasteiger partial charge in [0.2, 0.25) is 0 Å². The van der Waals surface area contributed by atoms with Crippen LogP contribution in [0.15, 0.2) is 54.6 Å². The lowest BCUT2D eigenvalue weighted by atomic mass is 10.0. The maximum absolute atomic E-state index is 12.4. The molecule has 0 heterocycles. The maximum Gasteiger partial charge on any atom is 0.185 e. The Morgan fingerprint density at radius 2 is 1.19 bits per heavy atom. The molecule has 31 heavy (non-hydrogen) atoms. The van der Waals surface area contributed by atoms with Crippen LogP contribution in [0.25, 0.3) is 6.08 Å². The number of carbonyl (C=O) groups excluding carboxylic acids is 1. The molecule has 0 fully saturated rings. The van der Waals surface area contributed by atoms with Crippen molar-refractivity contribution < 1.29 is 4.79 Å². The summed E-state index contributed by atoms with van der Waals surface area (Å²) in [4.78, 5) is 12.4. The fourth-order valence-electron chi connectivity index (χ4n) is 3.95. The minimum Gasteiger partial charge on any atom is -0.289 e. The average molecular weight is 419 g/mol. The molecule has 0 bridgehead atoms. The van der Waals surface area contributed by atoms with Gasteiger partial charge in [0.1, 0.15) is 0 Å². The Bertz CT molecular complexity index is 752. The van der Waals surface area contributed by atoms with Crippen LogP contribution in [-0.4, -0.2) is 5.78 Å². The molecule has 0 unspecified atom stereocenters. The molecule has 1 heteroatoms. The molecule has 1 nitrogen and oxygen atoms in total. The van der Waals surface area contributed by atoms with Crippen molar-refractivity contribution in [3.63, 3.8) is 0 Å². The Morgan fingerprint density at radius 3 is 1.74 bits per heavy atom. The largest absolute Gasteiger partial charge is 0.289 e. The van der Waals surface area contributed by atoms with Gasteiger partial charge in [0.25, 0.3) is 0 Å². The van der Waals surface area contributed by atoms with Gasteiger partial charge in [0.15, 0.2) is 5.78 Å². The zero-order chi connectivity index (χ0) is 22.2. The van der Waals surface area contributed by atoms with E-state index in [1.165, 1.54) is 88.2 Å². The molecule has 168 valence electrons. The van der Waals surface area contributed by atoms with E-state index >= 15 is 0 Å². The quantitative estimate of drug-likeness (QED) is 0.151. The van der Waals surface area contributed by atoms with Crippen molar-refractivity contribution in [2.24, 2.45) is 0 Å². The summed E-state index contributed by atoms with van der Waals surface area (Å²) in [6, 6.07) is 16.4. The second-order valence-corrected chi connectivity index (χ2v) is 8.94. The zero-order valence-electron chi connectivity index (χ0n) is 19.9. The van der Waals surface area contributed by atoms with Gasteiger partial charge in [0, 0.05) is 5.56 Å². The summed E-state index contributed by atoms with van der Waals surface area (Å²) in [6.07, 6.45) is 21.3. The van der Waals surface area contributed by atoms with Crippen LogP contribution in [-0.2, 0) is 6.42 Å². The Morgan fingerprint density at radius 1 is 0.677 bits per heavy atom. The molecule has 0 aliphatic carbocycles. The highest BCUT2D eigenvalue weighted by Gasteiger charge is 2.02. The van der Waals surface area contributed by atoms with Crippen molar-refractivity contribution in [3.8, 4) is 0 Å². The predicted molar refractivity (Wildman–Crippen MR) is 136 cm³/mol. The number of unbranched alkanes of at least 4 members (excludes halogenated alkanes) is 11. The minimum absolute atomic E-state index is 0.0671. The lowest BCUT2D eigenvalue weighted by Gasteiger charge is -2.04. The molecule has 0 saturated carbocycles. The van der Waals surface area contributed by atoms with E-state index in [9.17, 15) is 4.79 Å². The molecule has 0 N–H and O–H groups in total. The fourth-order valence-corrected chi connectivity index (χ4v) is 3.95. The molecule has 0 spiro atoms. The SMILES string of the molecule is CCCCCCCCCCCCCCc1ccc(C(=O)C=Cc2ccc(C)cc2)cc1. The Labute approximate surface area is 191 Å². The van der Waals surface area contributed by atoms with E-state index in [-0.39, 0.29) is 5.78 Å². The highest BCUT2D eigenvalue weighted by Crippen LogP contribution is 2.14. The smallest absolute Gasteiger partial charge is 0.185 e. The van der Waals surface area contributed by atoms with E-state index in [1.54, 1.807) is 6.08 Å². The lowest BCUT2D eigenvalue weighted by Crippen LogP contribution is -1.95. The molecular weight excluding hydrogens is 376 g/mol. The van der Waals surface area contributed by atoms with Crippen molar-refractivity contribution in [1.82, 2.24) is 0 Å². The average Bonchev–Trinajstić information content (AvgIpc) is 2.79. The van der Waals surface area contributed by atoms with Crippen LogP contribution in [0.3, 0.4) is 0 Å². The molecule has 2 aromatic rings. The predicted octanol–water partition coefficient (Wildman–Crippen LogP) is 9.13. The van der Waals surface area contributed by atoms with Gasteiger partial charge < -0.3 is 0 Å². The van der Waals surface area contributed by atoms with Crippen LogP contribution < -0.4 is 0 Å². The summed E-state index contributed by atoms with van der Waals surface area (Å²) in [5, 5.41) is 0. The van der Waals surface area contributed by atoms with Crippen LogP contribution in [0.5, 0.6) is 0 Å². The Hall–Kier alpha value is -2.15. The molecule has 0 aromatic heterocycles. The highest BCUT2D eigenvalue weighted by atomic mass is 16.1. The van der Waals surface area contributed by atoms with Gasteiger partial charge in [-0.25, -0.2) is 0 Å². The van der Waals surface area contributed by atoms with Crippen LogP contribution >= 0.6 is 0 Å². The molecule has 0 aliphatic heterocycles. The van der Waals surface area contributed by atoms with Crippen LogP contribution in [0.2, 0.25) is 0 Å². The van der Waals surface area contributed by atoms with Gasteiger partial charge in [-0.15, -0.1) is 0 Å². The van der Waals surface area contributed by atoms with Crippen molar-refractivity contribution in [3.05, 3.63) is 76.9 Å². The summed E-state index contributed by atoms with van der Waals surface area (Å²) >= 11 is 0. The number of aryl methyl sites for hydroxylation is 2. The molecule has 0 amide bonds. The van der Waals surface area contributed by atoms with E-state index in [2.05, 4.69) is 38.1 Å². The first-order valence-electron chi connectivity index (χ1n) is 12.6. The first-order chi connectivity index (χ1) is 15.2. The van der Waals surface area contributed by atoms with E-state index in [1.807, 2.05) is 30.3 Å². The highest BCUT2D eigenvalue weighted by molar-refractivity contribution is 6.06. The summed E-state index contributed by atoms with van der Waals surface area (Å²) in [7, 11) is 0. The third kappa shape index (κ3) is 11.2. The summed E-state index contributed by atoms with van der Waals surface area (Å²) in [6.45, 7) is 4.35. The standard InChI is InChI=1S/C30H42O/c1-3-4-5-6-7-8-9-10-11-12-13-14-15-27-20-23-29(24-21-27)30(31)25-22-28-18-16-26(2)17-19-28/h16-25H,3-15H2,1-2H3. The first kappa shape index (κ1) is 25.1. The lowest BCUT2D eigenvalue weighted by molar-refractivity contribution is 0.104. The molecular formula is C30H42O. The number of benzene rings is 2.